The number of hydrogen-bond acceptors (Lipinski definition) is 18. The minimum absolute atomic E-state index is 0.0329. The lowest BCUT2D eigenvalue weighted by Crippen LogP contribution is -2.46. The van der Waals surface area contributed by atoms with Crippen LogP contribution < -0.4 is 16.4 Å². The van der Waals surface area contributed by atoms with E-state index in [4.69, 9.17) is 19.5 Å². The Labute approximate surface area is 356 Å². The number of unbranched alkanes of at least 4 members (excludes halogenated alkanes) is 5. The van der Waals surface area contributed by atoms with E-state index in [0.717, 1.165) is 54.2 Å². The lowest BCUT2D eigenvalue weighted by Gasteiger charge is -2.30. The molecule has 10 N–H and O–H groups in total. The molecule has 3 heterocycles. The summed E-state index contributed by atoms with van der Waals surface area (Å²) in [6.45, 7) is 5.00. The molecule has 2 unspecified atom stereocenters. The Morgan fingerprint density at radius 1 is 0.951 bits per heavy atom. The molecule has 1 fully saturated rings. The molecule has 2 amide bonds. The first kappa shape index (κ1) is 52.9. The van der Waals surface area contributed by atoms with E-state index in [-0.39, 0.29) is 41.6 Å². The summed E-state index contributed by atoms with van der Waals surface area (Å²) in [6, 6.07) is 0. The summed E-state index contributed by atoms with van der Waals surface area (Å²) in [4.78, 5) is 88.0. The third kappa shape index (κ3) is 18.3. The smallest absolute Gasteiger partial charge is 0.386 e. The molecule has 0 radical (unpaired) electrons. The van der Waals surface area contributed by atoms with Gasteiger partial charge in [-0.15, -0.1) is 0 Å². The highest BCUT2D eigenvalue weighted by Crippen LogP contribution is 2.61. The molecule has 24 nitrogen and oxygen atoms in total. The van der Waals surface area contributed by atoms with Crippen LogP contribution in [-0.2, 0) is 50.7 Å². The number of fused-ring (bicyclic) bond motifs is 1. The van der Waals surface area contributed by atoms with Crippen molar-refractivity contribution in [3.8, 4) is 0 Å². The number of phosphoric acid groups is 3. The van der Waals surface area contributed by atoms with Crippen LogP contribution in [0, 0.1) is 11.3 Å². The van der Waals surface area contributed by atoms with Crippen LogP contribution in [0.25, 0.3) is 11.2 Å². The Kier molecular flexibility index (Phi) is 20.8. The first-order chi connectivity index (χ1) is 28.4. The molecule has 28 heteroatoms. The Hall–Kier alpha value is -2.44. The van der Waals surface area contributed by atoms with E-state index < -0.39 is 84.6 Å². The zero-order chi connectivity index (χ0) is 45.6. The third-order valence-electron chi connectivity index (χ3n) is 9.18. The first-order valence-electron chi connectivity index (χ1n) is 19.5. The number of thioether (sulfide) groups is 1. The molecule has 7 atom stereocenters. The molecule has 1 saturated heterocycles. The standard InChI is InChI=1S/C33H58N7O17P3S/c1-21(2)11-9-7-5-6-8-10-12-24(42)61-16-15-35-23(41)13-14-36-31(45)28(44)33(3,4)18-54-60(51,52)57-59(49,50)53-17-22-27(56-58(46,47)48)26(43)32(55-22)40-20-39-25-29(34)37-19-38-30(25)40/h19-22,26-28,32,43-44H,5-18H2,1-4H3,(H,35,41)(H,36,45)(H,49,50)(H,51,52)(H2,34,37,38)(H2,46,47,48)/t22-,26-,27-,28+,32-/m1/s1. The summed E-state index contributed by atoms with van der Waals surface area (Å²) in [5.41, 5.74) is 4.28. The van der Waals surface area contributed by atoms with Crippen molar-refractivity contribution in [2.45, 2.75) is 116 Å². The van der Waals surface area contributed by atoms with Crippen molar-refractivity contribution in [1.82, 2.24) is 30.2 Å². The van der Waals surface area contributed by atoms with Gasteiger partial charge in [-0.25, -0.2) is 28.6 Å². The number of hydrogen-bond donors (Lipinski definition) is 9. The Morgan fingerprint density at radius 3 is 2.28 bits per heavy atom. The molecule has 2 aromatic rings. The van der Waals surface area contributed by atoms with Crippen molar-refractivity contribution in [1.29, 1.82) is 0 Å². The molecule has 3 rings (SSSR count). The second kappa shape index (κ2) is 24.0. The number of phosphoric ester groups is 3. The number of ether oxygens (including phenoxy) is 1. The fraction of sp³-hybridized carbons (Fsp3) is 0.758. The summed E-state index contributed by atoms with van der Waals surface area (Å²) in [7, 11) is -16.4. The van der Waals surface area contributed by atoms with Crippen molar-refractivity contribution in [2.24, 2.45) is 11.3 Å². The average Bonchev–Trinajstić information content (AvgIpc) is 3.72. The SMILES string of the molecule is CC(C)CCCCCCCCC(=O)SCCNC(=O)CCNC(=O)[C@H](O)C(C)(C)COP(=O)(O)OP(=O)(O)OC[C@H]1O[C@@H](n2cnc3c(N)ncnc32)[C@H](O)[C@@H]1OP(=O)(O)O. The van der Waals surface area contributed by atoms with Crippen LogP contribution in [0.2, 0.25) is 0 Å². The van der Waals surface area contributed by atoms with Gasteiger partial charge in [0.1, 0.15) is 36.3 Å². The summed E-state index contributed by atoms with van der Waals surface area (Å²) in [5, 5.41) is 26.6. The quantitative estimate of drug-likeness (QED) is 0.0437. The van der Waals surface area contributed by atoms with Gasteiger partial charge < -0.3 is 50.9 Å². The summed E-state index contributed by atoms with van der Waals surface area (Å²) >= 11 is 1.15. The number of anilines is 1. The number of amides is 2. The maximum absolute atomic E-state index is 12.7. The van der Waals surface area contributed by atoms with Crippen LogP contribution >= 0.6 is 35.2 Å². The van der Waals surface area contributed by atoms with Gasteiger partial charge in [-0.05, 0) is 12.3 Å². The highest BCUT2D eigenvalue weighted by Gasteiger charge is 2.50. The zero-order valence-corrected chi connectivity index (χ0v) is 37.8. The van der Waals surface area contributed by atoms with E-state index >= 15 is 0 Å². The van der Waals surface area contributed by atoms with E-state index in [1.54, 1.807) is 0 Å². The third-order valence-corrected chi connectivity index (χ3v) is 13.2. The Bertz CT molecular complexity index is 1900. The number of nitrogen functional groups attached to an aromatic ring is 1. The minimum atomic E-state index is -5.57. The van der Waals surface area contributed by atoms with Crippen LogP contribution in [0.1, 0.15) is 91.7 Å². The Balaban J connectivity index is 1.39. The maximum Gasteiger partial charge on any atom is 0.481 e. The molecule has 0 aliphatic carbocycles. The van der Waals surface area contributed by atoms with Crippen LogP contribution in [0.4, 0.5) is 5.82 Å². The van der Waals surface area contributed by atoms with Crippen LogP contribution in [0.3, 0.4) is 0 Å². The van der Waals surface area contributed by atoms with Gasteiger partial charge in [0.15, 0.2) is 22.8 Å². The molecule has 61 heavy (non-hydrogen) atoms. The number of nitrogens with two attached hydrogens (primary N) is 1. The molecule has 348 valence electrons. The lowest BCUT2D eigenvalue weighted by atomic mass is 9.87. The van der Waals surface area contributed by atoms with Gasteiger partial charge in [-0.3, -0.25) is 32.5 Å². The normalized spacial score (nSPS) is 21.0. The van der Waals surface area contributed by atoms with Crippen molar-refractivity contribution >= 4 is 69.1 Å². The van der Waals surface area contributed by atoms with Gasteiger partial charge in [0, 0.05) is 37.1 Å². The summed E-state index contributed by atoms with van der Waals surface area (Å²) in [6.07, 6.45) is 1.41. The van der Waals surface area contributed by atoms with Gasteiger partial charge in [-0.2, -0.15) is 4.31 Å². The number of imidazole rings is 1. The van der Waals surface area contributed by atoms with Crippen molar-refractivity contribution in [2.75, 3.05) is 37.8 Å². The highest BCUT2D eigenvalue weighted by atomic mass is 32.2. The molecular formula is C33H58N7O17P3S. The maximum atomic E-state index is 12.7. The second-order valence-electron chi connectivity index (χ2n) is 15.3. The first-order valence-corrected chi connectivity index (χ1v) is 25.0. The predicted molar refractivity (Wildman–Crippen MR) is 219 cm³/mol. The second-order valence-corrected chi connectivity index (χ2v) is 20.7. The topological polar surface area (TPSA) is 364 Å². The van der Waals surface area contributed by atoms with Crippen LogP contribution in [-0.4, -0.2) is 123 Å². The number of aromatic nitrogens is 4. The zero-order valence-electron chi connectivity index (χ0n) is 34.3. The molecule has 1 aliphatic heterocycles. The van der Waals surface area contributed by atoms with E-state index in [0.29, 0.717) is 12.2 Å². The van der Waals surface area contributed by atoms with Gasteiger partial charge in [0.2, 0.25) is 11.8 Å². The highest BCUT2D eigenvalue weighted by molar-refractivity contribution is 8.13. The fourth-order valence-electron chi connectivity index (χ4n) is 5.90. The monoisotopic (exact) mass is 949 g/mol. The van der Waals surface area contributed by atoms with Crippen LogP contribution in [0.15, 0.2) is 12.7 Å². The number of nitrogens with one attached hydrogen (secondary N) is 2. The molecule has 2 aromatic heterocycles. The molecule has 0 saturated carbocycles. The summed E-state index contributed by atoms with van der Waals surface area (Å²) in [5.74, 6) is -0.309. The fourth-order valence-corrected chi connectivity index (χ4v) is 9.45. The Morgan fingerprint density at radius 2 is 1.61 bits per heavy atom. The van der Waals surface area contributed by atoms with Crippen LogP contribution in [0.5, 0.6) is 0 Å². The number of aliphatic hydroxyl groups is 2. The van der Waals surface area contributed by atoms with Crippen molar-refractivity contribution in [3.63, 3.8) is 0 Å². The van der Waals surface area contributed by atoms with Crippen molar-refractivity contribution in [3.05, 3.63) is 12.7 Å². The molecular weight excluding hydrogens is 891 g/mol. The van der Waals surface area contributed by atoms with E-state index in [1.165, 1.54) is 39.5 Å². The molecule has 1 aliphatic rings. The van der Waals surface area contributed by atoms with E-state index in [2.05, 4.69) is 48.3 Å². The van der Waals surface area contributed by atoms with Gasteiger partial charge in [0.05, 0.1) is 19.5 Å². The molecule has 0 bridgehead atoms. The van der Waals surface area contributed by atoms with Gasteiger partial charge in [-0.1, -0.05) is 78.0 Å². The number of nitrogens with zero attached hydrogens (tertiary/aromatic N) is 4. The lowest BCUT2D eigenvalue weighted by molar-refractivity contribution is -0.137. The number of carbonyl (C=O) groups is 3. The number of aliphatic hydroxyl groups excluding tert-OH is 2. The van der Waals surface area contributed by atoms with Crippen molar-refractivity contribution < 1.29 is 80.5 Å². The van der Waals surface area contributed by atoms with E-state index in [1.807, 2.05) is 0 Å². The molecule has 0 aromatic carbocycles. The number of rotatable bonds is 28. The largest absolute Gasteiger partial charge is 0.481 e. The average molecular weight is 950 g/mol. The summed E-state index contributed by atoms with van der Waals surface area (Å²) < 4.78 is 62.3. The predicted octanol–water partition coefficient (Wildman–Crippen LogP) is 2.44. The van der Waals surface area contributed by atoms with Gasteiger partial charge >= 0.3 is 23.5 Å². The number of carbonyl (C=O) groups excluding carboxylic acids is 3. The minimum Gasteiger partial charge on any atom is -0.386 e. The van der Waals surface area contributed by atoms with Gasteiger partial charge in [0.25, 0.3) is 0 Å². The molecule has 0 spiro atoms. The van der Waals surface area contributed by atoms with E-state index in [9.17, 15) is 57.9 Å².